The number of anilines is 2. The molecule has 0 bridgehead atoms. The molecular weight excluding hydrogens is 318 g/mol. The summed E-state index contributed by atoms with van der Waals surface area (Å²) in [5.74, 6) is 0.648. The second kappa shape index (κ2) is 6.53. The van der Waals surface area contributed by atoms with Gasteiger partial charge in [0.25, 0.3) is 0 Å². The molecule has 5 rings (SSSR count). The van der Waals surface area contributed by atoms with Gasteiger partial charge in [-0.3, -0.25) is 0 Å². The maximum atomic E-state index is 6.31. The van der Waals surface area contributed by atoms with Crippen LogP contribution in [-0.2, 0) is 0 Å². The van der Waals surface area contributed by atoms with Gasteiger partial charge in [0.2, 0.25) is 0 Å². The molecule has 2 heteroatoms. The molecule has 1 aliphatic rings. The highest BCUT2D eigenvalue weighted by Gasteiger charge is 2.20. The van der Waals surface area contributed by atoms with Crippen LogP contribution >= 0.6 is 0 Å². The van der Waals surface area contributed by atoms with Crippen molar-refractivity contribution in [2.24, 2.45) is 0 Å². The first kappa shape index (κ1) is 15.5. The molecular formula is C24H23NO. The van der Waals surface area contributed by atoms with E-state index in [2.05, 4.69) is 53.8 Å². The molecule has 1 aliphatic carbocycles. The van der Waals surface area contributed by atoms with E-state index in [9.17, 15) is 0 Å². The van der Waals surface area contributed by atoms with E-state index in [1.807, 2.05) is 18.2 Å². The highest BCUT2D eigenvalue weighted by molar-refractivity contribution is 6.07. The van der Waals surface area contributed by atoms with E-state index in [0.29, 0.717) is 5.92 Å². The average molecular weight is 341 g/mol. The molecule has 1 N–H and O–H groups in total. The molecule has 0 unspecified atom stereocenters. The zero-order valence-corrected chi connectivity index (χ0v) is 14.9. The largest absolute Gasteiger partial charge is 0.456 e. The van der Waals surface area contributed by atoms with Crippen LogP contribution in [0.2, 0.25) is 0 Å². The smallest absolute Gasteiger partial charge is 0.138 e. The molecule has 1 fully saturated rings. The van der Waals surface area contributed by atoms with Crippen LogP contribution in [0, 0.1) is 0 Å². The van der Waals surface area contributed by atoms with Gasteiger partial charge in [-0.25, -0.2) is 0 Å². The van der Waals surface area contributed by atoms with Crippen molar-refractivity contribution in [1.82, 2.24) is 0 Å². The van der Waals surface area contributed by atoms with Crippen molar-refractivity contribution in [2.45, 2.75) is 38.0 Å². The fourth-order valence-electron chi connectivity index (χ4n) is 4.32. The molecule has 0 radical (unpaired) electrons. The summed E-state index contributed by atoms with van der Waals surface area (Å²) in [7, 11) is 0. The highest BCUT2D eigenvalue weighted by atomic mass is 16.3. The Morgan fingerprint density at radius 1 is 0.731 bits per heavy atom. The van der Waals surface area contributed by atoms with Gasteiger partial charge in [-0.05, 0) is 54.7 Å². The fourth-order valence-corrected chi connectivity index (χ4v) is 4.32. The Labute approximate surface area is 153 Å². The van der Waals surface area contributed by atoms with Gasteiger partial charge in [-0.1, -0.05) is 55.7 Å². The second-order valence-corrected chi connectivity index (χ2v) is 7.36. The van der Waals surface area contributed by atoms with E-state index in [1.54, 1.807) is 0 Å². The summed E-state index contributed by atoms with van der Waals surface area (Å²) in [6.07, 6.45) is 6.63. The number of benzene rings is 3. The van der Waals surface area contributed by atoms with E-state index in [1.165, 1.54) is 48.4 Å². The number of fused-ring (bicyclic) bond motifs is 3. The Hall–Kier alpha value is -2.74. The normalized spacial score (nSPS) is 15.5. The van der Waals surface area contributed by atoms with Gasteiger partial charge >= 0.3 is 0 Å². The molecule has 0 atom stereocenters. The summed E-state index contributed by atoms with van der Waals surface area (Å²) in [6.45, 7) is 0. The van der Waals surface area contributed by atoms with Crippen molar-refractivity contribution in [1.29, 1.82) is 0 Å². The van der Waals surface area contributed by atoms with Crippen LogP contribution in [0.15, 0.2) is 71.1 Å². The fraction of sp³-hybridized carbons (Fsp3) is 0.250. The number of nitrogens with one attached hydrogen (secondary N) is 1. The number of hydrogen-bond acceptors (Lipinski definition) is 2. The number of furan rings is 1. The molecule has 26 heavy (non-hydrogen) atoms. The van der Waals surface area contributed by atoms with E-state index in [4.69, 9.17) is 4.42 Å². The minimum atomic E-state index is 0.648. The molecule has 0 aliphatic heterocycles. The van der Waals surface area contributed by atoms with Crippen LogP contribution < -0.4 is 5.32 Å². The topological polar surface area (TPSA) is 25.2 Å². The lowest BCUT2D eigenvalue weighted by atomic mass is 9.83. The van der Waals surface area contributed by atoms with E-state index in [0.717, 1.165) is 22.5 Å². The standard InChI is InChI=1S/C24H23NO/c1-3-8-17(9-4-1)20-12-7-13-21-22-16-19(14-15-23(22)26-24(20)21)25-18-10-5-2-6-11-18/h2,5-7,10-17,25H,1,3-4,8-9H2. The third-order valence-electron chi connectivity index (χ3n) is 5.63. The summed E-state index contributed by atoms with van der Waals surface area (Å²) in [6, 6.07) is 23.3. The van der Waals surface area contributed by atoms with Gasteiger partial charge in [0.15, 0.2) is 0 Å². The quantitative estimate of drug-likeness (QED) is 0.420. The number of para-hydroxylation sites is 2. The Bertz CT molecular complexity index is 1040. The molecule has 130 valence electrons. The first-order valence-corrected chi connectivity index (χ1v) is 9.66. The van der Waals surface area contributed by atoms with Gasteiger partial charge in [0.1, 0.15) is 11.2 Å². The minimum Gasteiger partial charge on any atom is -0.456 e. The Balaban J connectivity index is 1.58. The lowest BCUT2D eigenvalue weighted by Crippen LogP contribution is -2.04. The Morgan fingerprint density at radius 3 is 2.42 bits per heavy atom. The summed E-state index contributed by atoms with van der Waals surface area (Å²) in [4.78, 5) is 0. The molecule has 1 aromatic heterocycles. The van der Waals surface area contributed by atoms with E-state index in [-0.39, 0.29) is 0 Å². The van der Waals surface area contributed by atoms with E-state index < -0.39 is 0 Å². The van der Waals surface area contributed by atoms with Gasteiger partial charge in [0, 0.05) is 22.1 Å². The number of rotatable bonds is 3. The average Bonchev–Trinajstić information content (AvgIpc) is 3.08. The number of hydrogen-bond donors (Lipinski definition) is 1. The first-order valence-electron chi connectivity index (χ1n) is 9.66. The zero-order chi connectivity index (χ0) is 17.3. The monoisotopic (exact) mass is 341 g/mol. The molecule has 4 aromatic rings. The minimum absolute atomic E-state index is 0.648. The molecule has 2 nitrogen and oxygen atoms in total. The van der Waals surface area contributed by atoms with E-state index >= 15 is 0 Å². The lowest BCUT2D eigenvalue weighted by Gasteiger charge is -2.21. The van der Waals surface area contributed by atoms with Gasteiger partial charge in [0.05, 0.1) is 0 Å². The van der Waals surface area contributed by atoms with Crippen molar-refractivity contribution < 1.29 is 4.42 Å². The molecule has 0 amide bonds. The third-order valence-corrected chi connectivity index (χ3v) is 5.63. The summed E-state index contributed by atoms with van der Waals surface area (Å²) >= 11 is 0. The molecule has 1 saturated carbocycles. The van der Waals surface area contributed by atoms with Gasteiger partial charge in [-0.2, -0.15) is 0 Å². The van der Waals surface area contributed by atoms with Crippen LogP contribution in [0.4, 0.5) is 11.4 Å². The van der Waals surface area contributed by atoms with Crippen molar-refractivity contribution in [3.8, 4) is 0 Å². The van der Waals surface area contributed by atoms with Crippen molar-refractivity contribution in [3.05, 3.63) is 72.3 Å². The SMILES string of the molecule is c1ccc(Nc2ccc3oc4c(C5CCCCC5)cccc4c3c2)cc1. The van der Waals surface area contributed by atoms with Crippen molar-refractivity contribution in [2.75, 3.05) is 5.32 Å². The van der Waals surface area contributed by atoms with Gasteiger partial charge < -0.3 is 9.73 Å². The predicted octanol–water partition coefficient (Wildman–Crippen LogP) is 7.38. The van der Waals surface area contributed by atoms with Crippen molar-refractivity contribution in [3.63, 3.8) is 0 Å². The van der Waals surface area contributed by atoms with Crippen molar-refractivity contribution >= 4 is 33.3 Å². The zero-order valence-electron chi connectivity index (χ0n) is 14.9. The molecule has 0 spiro atoms. The lowest BCUT2D eigenvalue weighted by molar-refractivity contribution is 0.442. The molecule has 3 aromatic carbocycles. The summed E-state index contributed by atoms with van der Waals surface area (Å²) < 4.78 is 6.31. The summed E-state index contributed by atoms with van der Waals surface area (Å²) in [5.41, 5.74) is 5.65. The third kappa shape index (κ3) is 2.76. The Kier molecular flexibility index (Phi) is 3.89. The molecule has 0 saturated heterocycles. The van der Waals surface area contributed by atoms with Crippen LogP contribution in [-0.4, -0.2) is 0 Å². The predicted molar refractivity (Wildman–Crippen MR) is 109 cm³/mol. The second-order valence-electron chi connectivity index (χ2n) is 7.36. The van der Waals surface area contributed by atoms with Crippen LogP contribution in [0.5, 0.6) is 0 Å². The maximum absolute atomic E-state index is 6.31. The van der Waals surface area contributed by atoms with Crippen LogP contribution in [0.25, 0.3) is 21.9 Å². The first-order chi connectivity index (χ1) is 12.9. The van der Waals surface area contributed by atoms with Crippen LogP contribution in [0.1, 0.15) is 43.6 Å². The maximum Gasteiger partial charge on any atom is 0.138 e. The Morgan fingerprint density at radius 2 is 1.58 bits per heavy atom. The van der Waals surface area contributed by atoms with Crippen LogP contribution in [0.3, 0.4) is 0 Å². The van der Waals surface area contributed by atoms with Gasteiger partial charge in [-0.15, -0.1) is 0 Å². The highest BCUT2D eigenvalue weighted by Crippen LogP contribution is 2.40. The molecule has 1 heterocycles. The summed E-state index contributed by atoms with van der Waals surface area (Å²) in [5, 5.41) is 5.92.